The van der Waals surface area contributed by atoms with E-state index in [1.165, 1.54) is 0 Å². The van der Waals surface area contributed by atoms with Crippen LogP contribution in [0.5, 0.6) is 0 Å². The first-order valence-corrected chi connectivity index (χ1v) is 9.61. The van der Waals surface area contributed by atoms with E-state index in [1.807, 2.05) is 0 Å². The van der Waals surface area contributed by atoms with Crippen molar-refractivity contribution in [1.29, 1.82) is 0 Å². The molecule has 0 aliphatic rings. The molecule has 27 heavy (non-hydrogen) atoms. The number of nitro benzene ring substituents is 1. The summed E-state index contributed by atoms with van der Waals surface area (Å²) >= 11 is 0. The van der Waals surface area contributed by atoms with E-state index in [0.717, 1.165) is 28.6 Å². The molecule has 0 saturated carbocycles. The molecule has 0 unspecified atom stereocenters. The summed E-state index contributed by atoms with van der Waals surface area (Å²) in [6, 6.07) is 11.8. The molecule has 144 valence electrons. The number of benzene rings is 2. The Labute approximate surface area is 157 Å². The van der Waals surface area contributed by atoms with Crippen molar-refractivity contribution in [2.24, 2.45) is 5.92 Å². The molecule has 2 rings (SSSR count). The Morgan fingerprint density at radius 3 is 2.11 bits per heavy atom. The zero-order valence-electron chi connectivity index (χ0n) is 14.8. The lowest BCUT2D eigenvalue weighted by molar-refractivity contribution is -0.384. The third-order valence-corrected chi connectivity index (χ3v) is 5.87. The Hall–Kier alpha value is -2.78. The fourth-order valence-electron chi connectivity index (χ4n) is 2.71. The molecular weight excluding hydrogens is 372 g/mol. The van der Waals surface area contributed by atoms with Gasteiger partial charge in [-0.2, -0.15) is 4.31 Å². The van der Waals surface area contributed by atoms with Crippen molar-refractivity contribution in [1.82, 2.24) is 4.31 Å². The van der Waals surface area contributed by atoms with Gasteiger partial charge < -0.3 is 5.11 Å². The Balaban J connectivity index is 2.52. The predicted molar refractivity (Wildman–Crippen MR) is 98.5 cm³/mol. The smallest absolute Gasteiger partial charge is 0.322 e. The van der Waals surface area contributed by atoms with Crippen LogP contribution in [0.1, 0.15) is 19.4 Å². The van der Waals surface area contributed by atoms with Crippen molar-refractivity contribution >= 4 is 21.7 Å². The molecule has 0 aromatic heterocycles. The molecule has 1 N–H and O–H groups in total. The summed E-state index contributed by atoms with van der Waals surface area (Å²) in [6.07, 6.45) is 0. The number of sulfonamides is 1. The van der Waals surface area contributed by atoms with Crippen molar-refractivity contribution in [2.75, 3.05) is 0 Å². The molecule has 0 aliphatic carbocycles. The van der Waals surface area contributed by atoms with Gasteiger partial charge in [0, 0.05) is 18.7 Å². The van der Waals surface area contributed by atoms with Gasteiger partial charge in [0.25, 0.3) is 5.69 Å². The number of aliphatic carboxylic acids is 1. The van der Waals surface area contributed by atoms with Gasteiger partial charge in [0.15, 0.2) is 0 Å². The van der Waals surface area contributed by atoms with Crippen LogP contribution in [0.15, 0.2) is 59.5 Å². The second kappa shape index (κ2) is 8.28. The van der Waals surface area contributed by atoms with Crippen LogP contribution in [0, 0.1) is 16.0 Å². The third-order valence-electron chi connectivity index (χ3n) is 4.03. The summed E-state index contributed by atoms with van der Waals surface area (Å²) in [6.45, 7) is 3.12. The minimum Gasteiger partial charge on any atom is -0.480 e. The molecule has 0 amide bonds. The average Bonchev–Trinajstić information content (AvgIpc) is 2.61. The van der Waals surface area contributed by atoms with E-state index in [-0.39, 0.29) is 17.1 Å². The number of hydrogen-bond donors (Lipinski definition) is 1. The fraction of sp³-hybridized carbons (Fsp3) is 0.278. The minimum absolute atomic E-state index is 0.130. The fourth-order valence-corrected chi connectivity index (χ4v) is 4.41. The first-order chi connectivity index (χ1) is 12.6. The summed E-state index contributed by atoms with van der Waals surface area (Å²) in [5.41, 5.74) is 0.386. The molecule has 9 heteroatoms. The summed E-state index contributed by atoms with van der Waals surface area (Å²) in [5.74, 6) is -1.74. The van der Waals surface area contributed by atoms with Crippen molar-refractivity contribution < 1.29 is 23.2 Å². The molecule has 0 saturated heterocycles. The molecule has 0 heterocycles. The zero-order valence-corrected chi connectivity index (χ0v) is 15.7. The summed E-state index contributed by atoms with van der Waals surface area (Å²) in [5, 5.41) is 20.4. The van der Waals surface area contributed by atoms with Crippen LogP contribution < -0.4 is 0 Å². The number of non-ortho nitro benzene ring substituents is 1. The highest BCUT2D eigenvalue weighted by Crippen LogP contribution is 2.26. The van der Waals surface area contributed by atoms with Gasteiger partial charge >= 0.3 is 5.97 Å². The maximum absolute atomic E-state index is 13.2. The van der Waals surface area contributed by atoms with Gasteiger partial charge in [0.05, 0.1) is 9.82 Å². The summed E-state index contributed by atoms with van der Waals surface area (Å²) in [7, 11) is -4.20. The van der Waals surface area contributed by atoms with Gasteiger partial charge in [0.2, 0.25) is 10.0 Å². The number of carbonyl (C=O) groups is 1. The Morgan fingerprint density at radius 1 is 1.11 bits per heavy atom. The second-order valence-corrected chi connectivity index (χ2v) is 8.20. The second-order valence-electron chi connectivity index (χ2n) is 6.31. The molecular formula is C18H20N2O6S. The van der Waals surface area contributed by atoms with Gasteiger partial charge in [-0.25, -0.2) is 8.42 Å². The number of hydrogen-bond acceptors (Lipinski definition) is 5. The Bertz CT molecular complexity index is 911. The average molecular weight is 392 g/mol. The molecule has 2 aromatic carbocycles. The first-order valence-electron chi connectivity index (χ1n) is 8.17. The number of nitrogens with zero attached hydrogens (tertiary/aromatic N) is 2. The molecule has 1 atom stereocenters. The number of carboxylic acid groups (broad SMARTS) is 1. The summed E-state index contributed by atoms with van der Waals surface area (Å²) in [4.78, 5) is 21.8. The molecule has 0 aliphatic heterocycles. The molecule has 0 spiro atoms. The van der Waals surface area contributed by atoms with Crippen molar-refractivity contribution in [3.8, 4) is 0 Å². The largest absolute Gasteiger partial charge is 0.480 e. The lowest BCUT2D eigenvalue weighted by Gasteiger charge is -2.30. The topological polar surface area (TPSA) is 118 Å². The Kier molecular flexibility index (Phi) is 6.29. The van der Waals surface area contributed by atoms with Crippen molar-refractivity contribution in [2.45, 2.75) is 31.3 Å². The number of rotatable bonds is 8. The molecule has 0 radical (unpaired) electrons. The number of carboxylic acids is 1. The predicted octanol–water partition coefficient (Wildman–Crippen LogP) is 2.89. The van der Waals surface area contributed by atoms with Crippen molar-refractivity contribution in [3.05, 3.63) is 70.3 Å². The normalized spacial score (nSPS) is 12.9. The summed E-state index contributed by atoms with van der Waals surface area (Å²) < 4.78 is 27.2. The van der Waals surface area contributed by atoms with Gasteiger partial charge in [-0.05, 0) is 23.6 Å². The molecule has 0 fully saturated rings. The van der Waals surface area contributed by atoms with E-state index in [1.54, 1.807) is 44.2 Å². The zero-order chi connectivity index (χ0) is 20.2. The molecule has 2 aromatic rings. The highest BCUT2D eigenvalue weighted by molar-refractivity contribution is 7.89. The SMILES string of the molecule is CC(C)[C@@H](C(=O)O)N(Cc1ccccc1)S(=O)(=O)c1ccc([N+](=O)[O-])cc1. The van der Waals surface area contributed by atoms with Gasteiger partial charge in [-0.15, -0.1) is 0 Å². The first kappa shape index (κ1) is 20.5. The standard InChI is InChI=1S/C18H20N2O6S/c1-13(2)17(18(21)22)19(12-14-6-4-3-5-7-14)27(25,26)16-10-8-15(9-11-16)20(23)24/h3-11,13,17H,12H2,1-2H3,(H,21,22)/t17-/m0/s1. The van der Waals surface area contributed by atoms with E-state index < -0.39 is 32.9 Å². The van der Waals surface area contributed by atoms with Crippen LogP contribution >= 0.6 is 0 Å². The number of nitro groups is 1. The van der Waals surface area contributed by atoms with Gasteiger partial charge in [-0.3, -0.25) is 14.9 Å². The van der Waals surface area contributed by atoms with Crippen LogP contribution in [0.25, 0.3) is 0 Å². The van der Waals surface area contributed by atoms with Crippen LogP contribution in [0.2, 0.25) is 0 Å². The van der Waals surface area contributed by atoms with Crippen LogP contribution in [0.3, 0.4) is 0 Å². The molecule has 8 nitrogen and oxygen atoms in total. The highest BCUT2D eigenvalue weighted by atomic mass is 32.2. The minimum atomic E-state index is -4.20. The van der Waals surface area contributed by atoms with E-state index in [9.17, 15) is 28.4 Å². The van der Waals surface area contributed by atoms with E-state index >= 15 is 0 Å². The van der Waals surface area contributed by atoms with Crippen LogP contribution in [-0.4, -0.2) is 34.8 Å². The van der Waals surface area contributed by atoms with Gasteiger partial charge in [-0.1, -0.05) is 44.2 Å². The van der Waals surface area contributed by atoms with Crippen LogP contribution in [-0.2, 0) is 21.4 Å². The lowest BCUT2D eigenvalue weighted by atomic mass is 10.0. The van der Waals surface area contributed by atoms with Crippen molar-refractivity contribution in [3.63, 3.8) is 0 Å². The van der Waals surface area contributed by atoms with E-state index in [4.69, 9.17) is 0 Å². The maximum atomic E-state index is 13.2. The van der Waals surface area contributed by atoms with E-state index in [2.05, 4.69) is 0 Å². The third kappa shape index (κ3) is 4.69. The maximum Gasteiger partial charge on any atom is 0.322 e. The Morgan fingerprint density at radius 2 is 1.67 bits per heavy atom. The monoisotopic (exact) mass is 392 g/mol. The quantitative estimate of drug-likeness (QED) is 0.545. The van der Waals surface area contributed by atoms with E-state index in [0.29, 0.717) is 5.56 Å². The van der Waals surface area contributed by atoms with Crippen LogP contribution in [0.4, 0.5) is 5.69 Å². The highest BCUT2D eigenvalue weighted by Gasteiger charge is 2.38. The van der Waals surface area contributed by atoms with Gasteiger partial charge in [0.1, 0.15) is 6.04 Å². The lowest BCUT2D eigenvalue weighted by Crippen LogP contribution is -2.47. The molecule has 0 bridgehead atoms.